The maximum absolute atomic E-state index is 12.2. The Morgan fingerprint density at radius 1 is 1.37 bits per heavy atom. The average molecular weight is 280 g/mol. The first-order valence-electron chi connectivity index (χ1n) is 5.76. The van der Waals surface area contributed by atoms with Gasteiger partial charge in [-0.3, -0.25) is 4.68 Å². The average Bonchev–Trinajstić information content (AvgIpc) is 2.75. The van der Waals surface area contributed by atoms with E-state index in [0.717, 1.165) is 5.56 Å². The molecule has 0 radical (unpaired) electrons. The summed E-state index contributed by atoms with van der Waals surface area (Å²) in [5.41, 5.74) is 7.10. The molecule has 0 aliphatic carbocycles. The molecule has 1 atom stereocenters. The molecular weight excluding hydrogens is 264 g/mol. The van der Waals surface area contributed by atoms with Crippen LogP contribution in [0, 0.1) is 0 Å². The zero-order chi connectivity index (χ0) is 14.0. The quantitative estimate of drug-likeness (QED) is 0.819. The van der Waals surface area contributed by atoms with Crippen LogP contribution in [0.25, 0.3) is 0 Å². The van der Waals surface area contributed by atoms with Gasteiger partial charge in [-0.2, -0.15) is 5.10 Å². The van der Waals surface area contributed by atoms with Crippen molar-refractivity contribution in [3.63, 3.8) is 0 Å². The molecule has 6 nitrogen and oxygen atoms in total. The summed E-state index contributed by atoms with van der Waals surface area (Å²) in [6, 6.07) is 8.20. The highest BCUT2D eigenvalue weighted by atomic mass is 32.2. The van der Waals surface area contributed by atoms with E-state index in [-0.39, 0.29) is 11.1 Å². The van der Waals surface area contributed by atoms with Crippen molar-refractivity contribution in [1.82, 2.24) is 14.5 Å². The maximum Gasteiger partial charge on any atom is 0.258 e. The second-order valence-electron chi connectivity index (χ2n) is 4.31. The Bertz CT molecular complexity index is 679. The van der Waals surface area contributed by atoms with E-state index >= 15 is 0 Å². The zero-order valence-corrected chi connectivity index (χ0v) is 11.6. The number of nitrogen functional groups attached to an aromatic ring is 1. The van der Waals surface area contributed by atoms with Crippen LogP contribution in [-0.4, -0.2) is 18.2 Å². The van der Waals surface area contributed by atoms with Crippen LogP contribution in [0.1, 0.15) is 18.5 Å². The summed E-state index contributed by atoms with van der Waals surface area (Å²) in [5.74, 6) is 0. The topological polar surface area (TPSA) is 90.0 Å². The largest absolute Gasteiger partial charge is 0.399 e. The molecule has 1 aromatic heterocycles. The van der Waals surface area contributed by atoms with Gasteiger partial charge in [0.2, 0.25) is 0 Å². The van der Waals surface area contributed by atoms with Gasteiger partial charge >= 0.3 is 0 Å². The molecule has 2 aromatic rings. The number of aryl methyl sites for hydroxylation is 1. The highest BCUT2D eigenvalue weighted by Crippen LogP contribution is 2.18. The van der Waals surface area contributed by atoms with Crippen LogP contribution in [0.5, 0.6) is 0 Å². The first kappa shape index (κ1) is 13.6. The lowest BCUT2D eigenvalue weighted by atomic mass is 10.1. The number of rotatable bonds is 4. The lowest BCUT2D eigenvalue weighted by Crippen LogP contribution is -2.28. The molecule has 0 saturated carbocycles. The Morgan fingerprint density at radius 2 is 2.11 bits per heavy atom. The van der Waals surface area contributed by atoms with Crippen LogP contribution in [0.3, 0.4) is 0 Å². The first-order chi connectivity index (χ1) is 8.90. The third-order valence-corrected chi connectivity index (χ3v) is 4.41. The van der Waals surface area contributed by atoms with Crippen LogP contribution >= 0.6 is 0 Å². The van der Waals surface area contributed by atoms with E-state index in [1.54, 1.807) is 32.2 Å². The molecule has 3 N–H and O–H groups in total. The Kier molecular flexibility index (Phi) is 3.59. The van der Waals surface area contributed by atoms with Crippen LogP contribution < -0.4 is 10.5 Å². The van der Waals surface area contributed by atoms with Gasteiger partial charge < -0.3 is 5.73 Å². The van der Waals surface area contributed by atoms with Gasteiger partial charge in [0.25, 0.3) is 10.0 Å². The molecule has 1 heterocycles. The van der Waals surface area contributed by atoms with Gasteiger partial charge in [-0.25, -0.2) is 13.1 Å². The normalized spacial score (nSPS) is 13.4. The van der Waals surface area contributed by atoms with E-state index < -0.39 is 10.0 Å². The second-order valence-corrected chi connectivity index (χ2v) is 5.97. The van der Waals surface area contributed by atoms with Gasteiger partial charge in [0.1, 0.15) is 0 Å². The molecule has 2 rings (SSSR count). The van der Waals surface area contributed by atoms with Crippen molar-refractivity contribution in [3.8, 4) is 0 Å². The van der Waals surface area contributed by atoms with E-state index in [4.69, 9.17) is 5.73 Å². The fraction of sp³-hybridized carbons (Fsp3) is 0.250. The number of hydrogen-bond donors (Lipinski definition) is 2. The molecule has 1 aromatic carbocycles. The lowest BCUT2D eigenvalue weighted by molar-refractivity contribution is 0.550. The van der Waals surface area contributed by atoms with Crippen molar-refractivity contribution in [1.29, 1.82) is 0 Å². The predicted molar refractivity (Wildman–Crippen MR) is 72.8 cm³/mol. The van der Waals surface area contributed by atoms with E-state index in [1.807, 2.05) is 6.07 Å². The predicted octanol–water partition coefficient (Wildman–Crippen LogP) is 1.04. The highest BCUT2D eigenvalue weighted by molar-refractivity contribution is 7.89. The minimum absolute atomic E-state index is 0.128. The number of sulfonamides is 1. The molecular formula is C12H16N4O2S. The fourth-order valence-electron chi connectivity index (χ4n) is 1.81. The van der Waals surface area contributed by atoms with Gasteiger partial charge in [-0.15, -0.1) is 0 Å². The minimum atomic E-state index is -3.60. The number of hydrogen-bond acceptors (Lipinski definition) is 4. The monoisotopic (exact) mass is 280 g/mol. The van der Waals surface area contributed by atoms with Gasteiger partial charge in [0.15, 0.2) is 5.03 Å². The van der Waals surface area contributed by atoms with Crippen LogP contribution in [0.2, 0.25) is 0 Å². The Morgan fingerprint density at radius 3 is 2.68 bits per heavy atom. The van der Waals surface area contributed by atoms with E-state index in [2.05, 4.69) is 9.82 Å². The van der Waals surface area contributed by atoms with E-state index in [1.165, 1.54) is 16.9 Å². The number of nitrogens with one attached hydrogen (secondary N) is 1. The number of benzene rings is 1. The third-order valence-electron chi connectivity index (χ3n) is 2.79. The molecule has 0 spiro atoms. The summed E-state index contributed by atoms with van der Waals surface area (Å²) in [7, 11) is -2.02. The number of anilines is 1. The zero-order valence-electron chi connectivity index (χ0n) is 10.7. The van der Waals surface area contributed by atoms with Crippen molar-refractivity contribution in [3.05, 3.63) is 42.1 Å². The number of nitrogens with two attached hydrogens (primary N) is 1. The summed E-state index contributed by atoms with van der Waals surface area (Å²) >= 11 is 0. The molecule has 0 amide bonds. The maximum atomic E-state index is 12.2. The second kappa shape index (κ2) is 5.02. The molecule has 7 heteroatoms. The molecule has 0 bridgehead atoms. The standard InChI is InChI=1S/C12H16N4O2S/c1-9(10-4-3-5-11(13)8-10)15-19(17,18)12-6-7-14-16(12)2/h3-9,15H,13H2,1-2H3. The van der Waals surface area contributed by atoms with E-state index in [0.29, 0.717) is 5.69 Å². The highest BCUT2D eigenvalue weighted by Gasteiger charge is 2.21. The Balaban J connectivity index is 2.24. The summed E-state index contributed by atoms with van der Waals surface area (Å²) < 4.78 is 28.3. The van der Waals surface area contributed by atoms with Crippen molar-refractivity contribution in [2.45, 2.75) is 18.0 Å². The molecule has 1 unspecified atom stereocenters. The first-order valence-corrected chi connectivity index (χ1v) is 7.24. The van der Waals surface area contributed by atoms with Gasteiger partial charge in [0.05, 0.1) is 6.20 Å². The van der Waals surface area contributed by atoms with Gasteiger partial charge in [-0.05, 0) is 30.7 Å². The summed E-state index contributed by atoms with van der Waals surface area (Å²) in [6.45, 7) is 1.77. The molecule has 0 aliphatic rings. The van der Waals surface area contributed by atoms with E-state index in [9.17, 15) is 8.42 Å². The van der Waals surface area contributed by atoms with Crippen molar-refractivity contribution < 1.29 is 8.42 Å². The lowest BCUT2D eigenvalue weighted by Gasteiger charge is -2.15. The molecule has 0 saturated heterocycles. The van der Waals surface area contributed by atoms with Crippen LogP contribution in [0.4, 0.5) is 5.69 Å². The smallest absolute Gasteiger partial charge is 0.258 e. The molecule has 102 valence electrons. The molecule has 0 fully saturated rings. The van der Waals surface area contributed by atoms with Gasteiger partial charge in [0, 0.05) is 18.8 Å². The SMILES string of the molecule is CC(NS(=O)(=O)c1ccnn1C)c1cccc(N)c1. The Labute approximate surface area is 112 Å². The molecule has 19 heavy (non-hydrogen) atoms. The fourth-order valence-corrected chi connectivity index (χ4v) is 3.17. The summed E-state index contributed by atoms with van der Waals surface area (Å²) in [4.78, 5) is 0. The van der Waals surface area contributed by atoms with Crippen LogP contribution in [-0.2, 0) is 17.1 Å². The molecule has 0 aliphatic heterocycles. The minimum Gasteiger partial charge on any atom is -0.399 e. The van der Waals surface area contributed by atoms with Crippen molar-refractivity contribution >= 4 is 15.7 Å². The Hall–Kier alpha value is -1.86. The van der Waals surface area contributed by atoms with Crippen LogP contribution in [0.15, 0.2) is 41.6 Å². The summed E-state index contributed by atoms with van der Waals surface area (Å²) in [5, 5.41) is 3.98. The van der Waals surface area contributed by atoms with Crippen molar-refractivity contribution in [2.75, 3.05) is 5.73 Å². The number of nitrogens with zero attached hydrogens (tertiary/aromatic N) is 2. The summed E-state index contributed by atoms with van der Waals surface area (Å²) in [6.07, 6.45) is 1.44. The van der Waals surface area contributed by atoms with Gasteiger partial charge in [-0.1, -0.05) is 12.1 Å². The third kappa shape index (κ3) is 2.94. The van der Waals surface area contributed by atoms with Crippen molar-refractivity contribution in [2.24, 2.45) is 7.05 Å². The number of aromatic nitrogens is 2.